The van der Waals surface area contributed by atoms with E-state index in [0.29, 0.717) is 0 Å². The molecule has 1 aromatic heterocycles. The molecule has 2 heteroatoms. The summed E-state index contributed by atoms with van der Waals surface area (Å²) in [7, 11) is 2.19. The average molecular weight is 336 g/mol. The van der Waals surface area contributed by atoms with Crippen LogP contribution in [0.15, 0.2) is 12.4 Å². The maximum Gasteiger partial charge on any atom is 0.257 e. The number of nitrogens with zero attached hydrogens (tertiary/aromatic N) is 1. The molecule has 0 aliphatic carbocycles. The van der Waals surface area contributed by atoms with Crippen molar-refractivity contribution in [2.75, 3.05) is 0 Å². The summed E-state index contributed by atoms with van der Waals surface area (Å²) in [6, 6.07) is 0. The predicted octanol–water partition coefficient (Wildman–Crippen LogP) is 6.81. The van der Waals surface area contributed by atoms with Crippen LogP contribution in [0.2, 0.25) is 0 Å². The van der Waals surface area contributed by atoms with Crippen LogP contribution in [0.4, 0.5) is 0 Å². The van der Waals surface area contributed by atoms with Gasteiger partial charge in [0.1, 0.15) is 12.4 Å². The molecule has 2 nitrogen and oxygen atoms in total. The number of nitrogens with one attached hydrogen (secondary N) is 1. The van der Waals surface area contributed by atoms with E-state index in [9.17, 15) is 0 Å². The van der Waals surface area contributed by atoms with Crippen LogP contribution in [0, 0.1) is 0 Å². The summed E-state index contributed by atoms with van der Waals surface area (Å²) >= 11 is 0. The fourth-order valence-electron chi connectivity index (χ4n) is 3.76. The second-order valence-electron chi connectivity index (χ2n) is 7.62. The van der Waals surface area contributed by atoms with Crippen molar-refractivity contribution in [1.29, 1.82) is 0 Å². The maximum atomic E-state index is 3.50. The number of aryl methyl sites for hydroxylation is 1. The molecule has 1 N–H and O–H groups in total. The van der Waals surface area contributed by atoms with Crippen molar-refractivity contribution in [3.05, 3.63) is 18.2 Å². The van der Waals surface area contributed by atoms with Gasteiger partial charge in [0.2, 0.25) is 0 Å². The molecule has 0 bridgehead atoms. The third-order valence-corrected chi connectivity index (χ3v) is 5.36. The summed E-state index contributed by atoms with van der Waals surface area (Å²) in [6.45, 7) is 4.59. The summed E-state index contributed by atoms with van der Waals surface area (Å²) in [6.07, 6.45) is 25.3. The molecule has 0 aromatic carbocycles. The van der Waals surface area contributed by atoms with Gasteiger partial charge in [-0.1, -0.05) is 97.3 Å². The van der Waals surface area contributed by atoms with Crippen LogP contribution in [0.3, 0.4) is 0 Å². The van der Waals surface area contributed by atoms with E-state index in [2.05, 4.69) is 42.8 Å². The number of aromatic nitrogens is 2. The highest BCUT2D eigenvalue weighted by Crippen LogP contribution is 2.25. The van der Waals surface area contributed by atoms with Gasteiger partial charge in [-0.15, -0.1) is 0 Å². The molecule has 0 fully saturated rings. The van der Waals surface area contributed by atoms with Crippen LogP contribution in [-0.2, 0) is 7.05 Å². The third-order valence-electron chi connectivity index (χ3n) is 5.36. The zero-order valence-electron chi connectivity index (χ0n) is 16.8. The van der Waals surface area contributed by atoms with Gasteiger partial charge in [0.05, 0.1) is 13.0 Å². The van der Waals surface area contributed by atoms with Gasteiger partial charge in [-0.05, 0) is 12.8 Å². The zero-order chi connectivity index (χ0) is 17.5. The Morgan fingerprint density at radius 3 is 1.62 bits per heavy atom. The Bertz CT molecular complexity index is 383. The van der Waals surface area contributed by atoms with E-state index in [0.717, 1.165) is 5.92 Å². The Kier molecular flexibility index (Phi) is 12.9. The van der Waals surface area contributed by atoms with Crippen molar-refractivity contribution < 1.29 is 4.57 Å². The lowest BCUT2D eigenvalue weighted by molar-refractivity contribution is -0.679. The number of H-pyrrole nitrogens is 1. The van der Waals surface area contributed by atoms with Crippen LogP contribution in [0.1, 0.15) is 122 Å². The average Bonchev–Trinajstić information content (AvgIpc) is 3.01. The van der Waals surface area contributed by atoms with Gasteiger partial charge < -0.3 is 0 Å². The molecule has 24 heavy (non-hydrogen) atoms. The smallest absolute Gasteiger partial charge is 0.247 e. The molecule has 0 unspecified atom stereocenters. The monoisotopic (exact) mass is 335 g/mol. The minimum Gasteiger partial charge on any atom is -0.247 e. The first-order valence-corrected chi connectivity index (χ1v) is 10.8. The number of hydrogen-bond donors (Lipinski definition) is 1. The number of imidazole rings is 1. The highest BCUT2D eigenvalue weighted by Gasteiger charge is 2.20. The zero-order valence-corrected chi connectivity index (χ0v) is 16.8. The molecular weight excluding hydrogens is 292 g/mol. The molecule has 1 heterocycles. The normalized spacial score (nSPS) is 12.6. The Hall–Kier alpha value is -0.790. The van der Waals surface area contributed by atoms with E-state index in [4.69, 9.17) is 0 Å². The van der Waals surface area contributed by atoms with Crippen LogP contribution < -0.4 is 4.57 Å². The van der Waals surface area contributed by atoms with Gasteiger partial charge in [-0.3, -0.25) is 0 Å². The largest absolute Gasteiger partial charge is 0.257 e. The first-order valence-electron chi connectivity index (χ1n) is 10.8. The highest BCUT2D eigenvalue weighted by atomic mass is 15.0. The lowest BCUT2D eigenvalue weighted by Gasteiger charge is -2.13. The minimum absolute atomic E-state index is 0.729. The second kappa shape index (κ2) is 14.5. The van der Waals surface area contributed by atoms with Crippen molar-refractivity contribution in [3.8, 4) is 0 Å². The molecule has 140 valence electrons. The van der Waals surface area contributed by atoms with Crippen LogP contribution in [0.5, 0.6) is 0 Å². The maximum absolute atomic E-state index is 3.50. The fraction of sp³-hybridized carbons (Fsp3) is 0.864. The molecule has 0 saturated heterocycles. The molecule has 0 amide bonds. The second-order valence-corrected chi connectivity index (χ2v) is 7.62. The van der Waals surface area contributed by atoms with Crippen molar-refractivity contribution >= 4 is 0 Å². The van der Waals surface area contributed by atoms with Crippen molar-refractivity contribution in [3.63, 3.8) is 0 Å². The van der Waals surface area contributed by atoms with Crippen LogP contribution in [0.25, 0.3) is 0 Å². The SMILES string of the molecule is CCCCCCCCC[C@H](CCCCCCCC)c1[nH]cc[n+]1C. The lowest BCUT2D eigenvalue weighted by atomic mass is 9.93. The molecule has 0 saturated carbocycles. The van der Waals surface area contributed by atoms with E-state index in [1.54, 1.807) is 0 Å². The molecule has 0 spiro atoms. The van der Waals surface area contributed by atoms with Gasteiger partial charge in [-0.2, -0.15) is 0 Å². The Morgan fingerprint density at radius 2 is 1.21 bits per heavy atom. The van der Waals surface area contributed by atoms with Crippen LogP contribution >= 0.6 is 0 Å². The summed E-state index contributed by atoms with van der Waals surface area (Å²) in [5.41, 5.74) is 0. The van der Waals surface area contributed by atoms with Crippen LogP contribution in [-0.4, -0.2) is 4.98 Å². The molecule has 1 rings (SSSR count). The molecule has 0 aliphatic rings. The number of aromatic amines is 1. The molecule has 1 aromatic rings. The molecule has 1 atom stereocenters. The first kappa shape index (κ1) is 21.3. The van der Waals surface area contributed by atoms with Gasteiger partial charge in [0.25, 0.3) is 5.82 Å². The standard InChI is InChI=1S/C22H42N2/c1-4-6-8-10-12-14-16-18-21(22-23-19-20-24(22)3)17-15-13-11-9-7-5-2/h19-21H,4-18H2,1-3H3/p+1/t21-/m0/s1. The van der Waals surface area contributed by atoms with Crippen molar-refractivity contribution in [1.82, 2.24) is 4.98 Å². The van der Waals surface area contributed by atoms with Gasteiger partial charge in [0, 0.05) is 0 Å². The van der Waals surface area contributed by atoms with Gasteiger partial charge >= 0.3 is 0 Å². The number of unbranched alkanes of at least 4 members (excludes halogenated alkanes) is 11. The van der Waals surface area contributed by atoms with Gasteiger partial charge in [0.15, 0.2) is 0 Å². The number of hydrogen-bond acceptors (Lipinski definition) is 0. The predicted molar refractivity (Wildman–Crippen MR) is 105 cm³/mol. The summed E-state index contributed by atoms with van der Waals surface area (Å²) in [5, 5.41) is 0. The summed E-state index contributed by atoms with van der Waals surface area (Å²) in [5.74, 6) is 2.17. The number of rotatable bonds is 16. The third kappa shape index (κ3) is 9.49. The topological polar surface area (TPSA) is 19.7 Å². The first-order chi connectivity index (χ1) is 11.8. The summed E-state index contributed by atoms with van der Waals surface area (Å²) < 4.78 is 2.29. The van der Waals surface area contributed by atoms with Crippen molar-refractivity contribution in [2.24, 2.45) is 7.05 Å². The van der Waals surface area contributed by atoms with E-state index in [-0.39, 0.29) is 0 Å². The quantitative estimate of drug-likeness (QED) is 0.253. The Balaban J connectivity index is 2.25. The molecule has 0 radical (unpaired) electrons. The molecule has 0 aliphatic heterocycles. The lowest BCUT2D eigenvalue weighted by Crippen LogP contribution is -2.32. The van der Waals surface area contributed by atoms with E-state index in [1.165, 1.54) is 102 Å². The Morgan fingerprint density at radius 1 is 0.750 bits per heavy atom. The fourth-order valence-corrected chi connectivity index (χ4v) is 3.76. The highest BCUT2D eigenvalue weighted by molar-refractivity contribution is 4.89. The van der Waals surface area contributed by atoms with Gasteiger partial charge in [-0.25, -0.2) is 9.55 Å². The van der Waals surface area contributed by atoms with E-state index < -0.39 is 0 Å². The Labute approximate surface area is 151 Å². The molecular formula is C22H43N2+. The summed E-state index contributed by atoms with van der Waals surface area (Å²) in [4.78, 5) is 3.50. The van der Waals surface area contributed by atoms with E-state index >= 15 is 0 Å². The van der Waals surface area contributed by atoms with E-state index in [1.807, 2.05) is 0 Å². The minimum atomic E-state index is 0.729. The van der Waals surface area contributed by atoms with Crippen molar-refractivity contribution in [2.45, 2.75) is 116 Å².